The number of nitrogens with one attached hydrogen (secondary N) is 1. The van der Waals surface area contributed by atoms with Crippen molar-refractivity contribution >= 4 is 0 Å². The van der Waals surface area contributed by atoms with Crippen molar-refractivity contribution in [3.8, 4) is 0 Å². The molecular formula is C20H27N3. The molecule has 3 rings (SSSR count). The first kappa shape index (κ1) is 16.0. The third-order valence-electron chi connectivity index (χ3n) is 4.48. The molecule has 0 amide bonds. The van der Waals surface area contributed by atoms with Gasteiger partial charge in [-0.05, 0) is 24.1 Å². The lowest BCUT2D eigenvalue weighted by molar-refractivity contribution is 0.162. The minimum Gasteiger partial charge on any atom is -0.369 e. The van der Waals surface area contributed by atoms with Gasteiger partial charge in [0.25, 0.3) is 0 Å². The van der Waals surface area contributed by atoms with Crippen LogP contribution >= 0.6 is 0 Å². The highest BCUT2D eigenvalue weighted by molar-refractivity contribution is 5.26. The van der Waals surface area contributed by atoms with Crippen LogP contribution in [0.5, 0.6) is 0 Å². The van der Waals surface area contributed by atoms with Crippen molar-refractivity contribution in [1.29, 1.82) is 0 Å². The van der Waals surface area contributed by atoms with Gasteiger partial charge < -0.3 is 10.2 Å². The van der Waals surface area contributed by atoms with E-state index in [1.807, 2.05) is 0 Å². The number of allylic oxidation sites excluding steroid dienone is 5. The lowest BCUT2D eigenvalue weighted by Gasteiger charge is -2.36. The largest absolute Gasteiger partial charge is 0.369 e. The molecule has 0 saturated carbocycles. The molecular weight excluding hydrogens is 282 g/mol. The average molecular weight is 309 g/mol. The van der Waals surface area contributed by atoms with Crippen molar-refractivity contribution in [1.82, 2.24) is 15.1 Å². The van der Waals surface area contributed by atoms with Crippen LogP contribution in [0.15, 0.2) is 66.4 Å². The van der Waals surface area contributed by atoms with E-state index in [2.05, 4.69) is 75.8 Å². The number of hydrogen-bond donors (Lipinski definition) is 1. The first-order chi connectivity index (χ1) is 11.4. The van der Waals surface area contributed by atoms with Gasteiger partial charge in [-0.25, -0.2) is 0 Å². The van der Waals surface area contributed by atoms with Gasteiger partial charge in [0.1, 0.15) is 0 Å². The molecule has 0 unspecified atom stereocenters. The van der Waals surface area contributed by atoms with E-state index in [0.717, 1.165) is 52.2 Å². The Labute approximate surface area is 140 Å². The molecule has 1 heterocycles. The van der Waals surface area contributed by atoms with E-state index in [9.17, 15) is 0 Å². The van der Waals surface area contributed by atoms with E-state index in [1.54, 1.807) is 0 Å². The van der Waals surface area contributed by atoms with Gasteiger partial charge in [0.2, 0.25) is 0 Å². The molecule has 0 bridgehead atoms. The summed E-state index contributed by atoms with van der Waals surface area (Å²) >= 11 is 0. The molecule has 1 aliphatic heterocycles. The molecule has 23 heavy (non-hydrogen) atoms. The van der Waals surface area contributed by atoms with Crippen LogP contribution in [0.25, 0.3) is 0 Å². The molecule has 2 aliphatic rings. The van der Waals surface area contributed by atoms with Crippen molar-refractivity contribution in [2.24, 2.45) is 0 Å². The average Bonchev–Trinajstić information content (AvgIpc) is 2.90. The molecule has 0 radical (unpaired) electrons. The molecule has 122 valence electrons. The van der Waals surface area contributed by atoms with E-state index >= 15 is 0 Å². The van der Waals surface area contributed by atoms with Gasteiger partial charge in [0.15, 0.2) is 0 Å². The molecule has 0 spiro atoms. The molecule has 1 aliphatic carbocycles. The Kier molecular flexibility index (Phi) is 6.07. The van der Waals surface area contributed by atoms with E-state index in [-0.39, 0.29) is 0 Å². The normalized spacial score (nSPS) is 18.8. The maximum Gasteiger partial charge on any atom is 0.0363 e. The number of benzene rings is 1. The highest BCUT2D eigenvalue weighted by atomic mass is 15.3. The summed E-state index contributed by atoms with van der Waals surface area (Å²) in [5.74, 6) is 0. The number of piperazine rings is 1. The van der Waals surface area contributed by atoms with E-state index < -0.39 is 0 Å². The topological polar surface area (TPSA) is 18.5 Å². The van der Waals surface area contributed by atoms with Crippen molar-refractivity contribution in [3.05, 3.63) is 72.0 Å². The van der Waals surface area contributed by atoms with Gasteiger partial charge in [0.05, 0.1) is 0 Å². The second-order valence-corrected chi connectivity index (χ2v) is 6.15. The van der Waals surface area contributed by atoms with Crippen molar-refractivity contribution in [3.63, 3.8) is 0 Å². The fourth-order valence-electron chi connectivity index (χ4n) is 3.07. The zero-order valence-electron chi connectivity index (χ0n) is 13.8. The zero-order chi connectivity index (χ0) is 15.7. The van der Waals surface area contributed by atoms with Crippen LogP contribution in [0, 0.1) is 0 Å². The smallest absolute Gasteiger partial charge is 0.0363 e. The fourth-order valence-corrected chi connectivity index (χ4v) is 3.07. The molecule has 1 saturated heterocycles. The third kappa shape index (κ3) is 5.08. The summed E-state index contributed by atoms with van der Waals surface area (Å²) in [5, 5.41) is 3.54. The van der Waals surface area contributed by atoms with E-state index in [4.69, 9.17) is 0 Å². The van der Waals surface area contributed by atoms with Crippen LogP contribution in [-0.2, 0) is 6.54 Å². The summed E-state index contributed by atoms with van der Waals surface area (Å²) in [4.78, 5) is 5.06. The molecule has 3 heteroatoms. The Morgan fingerprint density at radius 3 is 2.61 bits per heavy atom. The predicted molar refractivity (Wildman–Crippen MR) is 97.1 cm³/mol. The van der Waals surface area contributed by atoms with Crippen molar-refractivity contribution in [2.75, 3.05) is 39.3 Å². The molecule has 0 aromatic heterocycles. The second-order valence-electron chi connectivity index (χ2n) is 6.15. The molecule has 3 nitrogen and oxygen atoms in total. The maximum absolute atomic E-state index is 3.54. The summed E-state index contributed by atoms with van der Waals surface area (Å²) in [5.41, 5.74) is 2.72. The molecule has 1 N–H and O–H groups in total. The first-order valence-corrected chi connectivity index (χ1v) is 8.67. The van der Waals surface area contributed by atoms with Crippen LogP contribution in [0.1, 0.15) is 12.0 Å². The lowest BCUT2D eigenvalue weighted by atomic mass is 10.2. The van der Waals surface area contributed by atoms with Gasteiger partial charge in [-0.2, -0.15) is 0 Å². The number of nitrogens with zero attached hydrogens (tertiary/aromatic N) is 2. The molecule has 1 fully saturated rings. The minimum atomic E-state index is 0.963. The van der Waals surface area contributed by atoms with Gasteiger partial charge in [-0.15, -0.1) is 0 Å². The van der Waals surface area contributed by atoms with Gasteiger partial charge >= 0.3 is 0 Å². The summed E-state index contributed by atoms with van der Waals surface area (Å²) in [6.07, 6.45) is 12.2. The first-order valence-electron chi connectivity index (χ1n) is 8.67. The number of hydrogen-bond acceptors (Lipinski definition) is 3. The van der Waals surface area contributed by atoms with Gasteiger partial charge in [-0.1, -0.05) is 48.6 Å². The van der Waals surface area contributed by atoms with Gasteiger partial charge in [-0.3, -0.25) is 4.90 Å². The Morgan fingerprint density at radius 1 is 0.957 bits per heavy atom. The van der Waals surface area contributed by atoms with Crippen LogP contribution in [0.2, 0.25) is 0 Å². The Bertz CT molecular complexity index is 552. The summed E-state index contributed by atoms with van der Waals surface area (Å²) in [6.45, 7) is 7.72. The minimum absolute atomic E-state index is 0.963. The fraction of sp³-hybridized carbons (Fsp3) is 0.400. The summed E-state index contributed by atoms with van der Waals surface area (Å²) in [6, 6.07) is 10.6. The standard InChI is InChI=1S/C20H27N3/c1-2-7-11-20(10-6-1)23-16-14-22(15-17-23)13-12-21-18-19-8-4-3-5-9-19/h1,3-11,21H,2,12-18H2. The molecule has 1 aromatic carbocycles. The molecule has 0 atom stereocenters. The highest BCUT2D eigenvalue weighted by Crippen LogP contribution is 2.13. The van der Waals surface area contributed by atoms with Gasteiger partial charge in [0, 0.05) is 51.5 Å². The SMILES string of the molecule is C1=CCC=CC(N2CCN(CCNCc3ccccc3)CC2)=C1. The summed E-state index contributed by atoms with van der Waals surface area (Å²) < 4.78 is 0. The third-order valence-corrected chi connectivity index (χ3v) is 4.48. The van der Waals surface area contributed by atoms with Crippen LogP contribution < -0.4 is 5.32 Å². The van der Waals surface area contributed by atoms with Crippen LogP contribution in [-0.4, -0.2) is 49.1 Å². The van der Waals surface area contributed by atoms with E-state index in [1.165, 1.54) is 11.3 Å². The Balaban J connectivity index is 1.35. The zero-order valence-corrected chi connectivity index (χ0v) is 13.8. The van der Waals surface area contributed by atoms with E-state index in [0.29, 0.717) is 0 Å². The highest BCUT2D eigenvalue weighted by Gasteiger charge is 2.17. The number of rotatable bonds is 6. The van der Waals surface area contributed by atoms with Crippen molar-refractivity contribution in [2.45, 2.75) is 13.0 Å². The summed E-state index contributed by atoms with van der Waals surface area (Å²) in [7, 11) is 0. The van der Waals surface area contributed by atoms with Crippen LogP contribution in [0.3, 0.4) is 0 Å². The Hall–Kier alpha value is -1.84. The van der Waals surface area contributed by atoms with Crippen LogP contribution in [0.4, 0.5) is 0 Å². The Morgan fingerprint density at radius 2 is 1.78 bits per heavy atom. The second kappa shape index (κ2) is 8.70. The monoisotopic (exact) mass is 309 g/mol. The predicted octanol–water partition coefficient (Wildman–Crippen LogP) is 2.79. The quantitative estimate of drug-likeness (QED) is 0.815. The van der Waals surface area contributed by atoms with Crippen molar-refractivity contribution < 1.29 is 0 Å². The maximum atomic E-state index is 3.54. The molecule has 1 aromatic rings. The lowest BCUT2D eigenvalue weighted by Crippen LogP contribution is -2.47.